The molecule has 1 aliphatic carbocycles. The topological polar surface area (TPSA) is 84.2 Å². The highest BCUT2D eigenvalue weighted by molar-refractivity contribution is 7.89. The van der Waals surface area contributed by atoms with E-state index >= 15 is 0 Å². The van der Waals surface area contributed by atoms with Crippen LogP contribution in [0.3, 0.4) is 0 Å². The Balaban J connectivity index is 1.49. The molecule has 1 aromatic heterocycles. The van der Waals surface area contributed by atoms with Crippen molar-refractivity contribution in [2.75, 3.05) is 17.6 Å². The summed E-state index contributed by atoms with van der Waals surface area (Å²) in [6, 6.07) is 5.92. The smallest absolute Gasteiger partial charge is 0.295 e. The van der Waals surface area contributed by atoms with Crippen LogP contribution in [0.4, 0.5) is 6.01 Å². The SMILES string of the molecule is CCS(=O)(=O)N[C@H]1CC[C@H](CNc2nc3cc(Cl)ccc3o2)CC1. The highest BCUT2D eigenvalue weighted by Crippen LogP contribution is 2.26. The molecule has 1 aliphatic rings. The average Bonchev–Trinajstić information content (AvgIpc) is 2.96. The second-order valence-electron chi connectivity index (χ2n) is 6.25. The monoisotopic (exact) mass is 371 g/mol. The molecule has 0 aliphatic heterocycles. The van der Waals surface area contributed by atoms with Crippen LogP contribution in [-0.2, 0) is 10.0 Å². The number of nitrogens with one attached hydrogen (secondary N) is 2. The van der Waals surface area contributed by atoms with Gasteiger partial charge in [0.15, 0.2) is 5.58 Å². The van der Waals surface area contributed by atoms with Gasteiger partial charge in [-0.05, 0) is 56.7 Å². The maximum Gasteiger partial charge on any atom is 0.295 e. The van der Waals surface area contributed by atoms with Gasteiger partial charge in [0.25, 0.3) is 6.01 Å². The summed E-state index contributed by atoms with van der Waals surface area (Å²) < 4.78 is 31.6. The zero-order valence-corrected chi connectivity index (χ0v) is 15.2. The third-order valence-electron chi connectivity index (χ3n) is 4.46. The van der Waals surface area contributed by atoms with Gasteiger partial charge in [0.2, 0.25) is 10.0 Å². The summed E-state index contributed by atoms with van der Waals surface area (Å²) in [7, 11) is -3.11. The van der Waals surface area contributed by atoms with Gasteiger partial charge in [0.05, 0.1) is 5.75 Å². The van der Waals surface area contributed by atoms with Crippen molar-refractivity contribution in [3.05, 3.63) is 23.2 Å². The second kappa shape index (κ2) is 7.29. The van der Waals surface area contributed by atoms with Crippen LogP contribution in [0.5, 0.6) is 0 Å². The van der Waals surface area contributed by atoms with E-state index in [1.165, 1.54) is 0 Å². The van der Waals surface area contributed by atoms with E-state index in [4.69, 9.17) is 16.0 Å². The molecule has 1 heterocycles. The van der Waals surface area contributed by atoms with Gasteiger partial charge in [-0.15, -0.1) is 0 Å². The lowest BCUT2D eigenvalue weighted by Gasteiger charge is -2.28. The van der Waals surface area contributed by atoms with Crippen molar-refractivity contribution in [2.24, 2.45) is 5.92 Å². The highest BCUT2D eigenvalue weighted by atomic mass is 35.5. The van der Waals surface area contributed by atoms with Gasteiger partial charge in [-0.2, -0.15) is 4.98 Å². The lowest BCUT2D eigenvalue weighted by molar-refractivity contribution is 0.323. The number of benzene rings is 1. The number of fused-ring (bicyclic) bond motifs is 1. The molecule has 2 N–H and O–H groups in total. The Morgan fingerprint density at radius 1 is 1.29 bits per heavy atom. The number of anilines is 1. The highest BCUT2D eigenvalue weighted by Gasteiger charge is 2.24. The van der Waals surface area contributed by atoms with E-state index in [2.05, 4.69) is 15.0 Å². The van der Waals surface area contributed by atoms with Crippen molar-refractivity contribution in [1.82, 2.24) is 9.71 Å². The summed E-state index contributed by atoms with van der Waals surface area (Å²) in [6.07, 6.45) is 3.70. The molecule has 0 atom stereocenters. The van der Waals surface area contributed by atoms with Crippen LogP contribution in [0.2, 0.25) is 5.02 Å². The molecule has 8 heteroatoms. The molecule has 0 radical (unpaired) electrons. The number of sulfonamides is 1. The molecule has 24 heavy (non-hydrogen) atoms. The van der Waals surface area contributed by atoms with Crippen LogP contribution in [-0.4, -0.2) is 31.7 Å². The normalized spacial score (nSPS) is 21.9. The summed E-state index contributed by atoms with van der Waals surface area (Å²) in [4.78, 5) is 4.38. The molecule has 0 bridgehead atoms. The van der Waals surface area contributed by atoms with Gasteiger partial charge < -0.3 is 9.73 Å². The fourth-order valence-corrected chi connectivity index (χ4v) is 4.11. The van der Waals surface area contributed by atoms with Crippen molar-refractivity contribution >= 4 is 38.7 Å². The summed E-state index contributed by atoms with van der Waals surface area (Å²) in [6.45, 7) is 2.43. The van der Waals surface area contributed by atoms with E-state index in [-0.39, 0.29) is 11.8 Å². The van der Waals surface area contributed by atoms with E-state index in [1.807, 2.05) is 0 Å². The van der Waals surface area contributed by atoms with Gasteiger partial charge in [0.1, 0.15) is 5.52 Å². The van der Waals surface area contributed by atoms with Gasteiger partial charge in [-0.3, -0.25) is 0 Å². The van der Waals surface area contributed by atoms with E-state index in [0.29, 0.717) is 22.5 Å². The Morgan fingerprint density at radius 2 is 2.04 bits per heavy atom. The molecule has 0 unspecified atom stereocenters. The third-order valence-corrected chi connectivity index (χ3v) is 6.15. The van der Waals surface area contributed by atoms with Crippen molar-refractivity contribution in [1.29, 1.82) is 0 Å². The number of nitrogens with zero attached hydrogens (tertiary/aromatic N) is 1. The molecule has 2 aromatic rings. The Bertz CT molecular complexity index is 798. The van der Waals surface area contributed by atoms with Crippen LogP contribution in [0.25, 0.3) is 11.1 Å². The number of oxazole rings is 1. The molecule has 1 fully saturated rings. The lowest BCUT2D eigenvalue weighted by Crippen LogP contribution is -2.39. The summed E-state index contributed by atoms with van der Waals surface area (Å²) in [5.41, 5.74) is 1.45. The van der Waals surface area contributed by atoms with Crippen molar-refractivity contribution in [3.63, 3.8) is 0 Å². The maximum atomic E-state index is 11.6. The van der Waals surface area contributed by atoms with Gasteiger partial charge in [0, 0.05) is 17.6 Å². The quantitative estimate of drug-likeness (QED) is 0.813. The number of halogens is 1. The molecular weight excluding hydrogens is 350 g/mol. The van der Waals surface area contributed by atoms with E-state index in [0.717, 1.165) is 37.7 Å². The van der Waals surface area contributed by atoms with Crippen molar-refractivity contribution in [2.45, 2.75) is 38.6 Å². The van der Waals surface area contributed by atoms with Crippen molar-refractivity contribution in [3.8, 4) is 0 Å². The summed E-state index contributed by atoms with van der Waals surface area (Å²) in [5.74, 6) is 0.627. The Kier molecular flexibility index (Phi) is 5.32. The van der Waals surface area contributed by atoms with E-state index < -0.39 is 10.0 Å². The number of hydrogen-bond donors (Lipinski definition) is 2. The first kappa shape index (κ1) is 17.5. The van der Waals surface area contributed by atoms with Gasteiger partial charge >= 0.3 is 0 Å². The van der Waals surface area contributed by atoms with Crippen LogP contribution < -0.4 is 10.0 Å². The van der Waals surface area contributed by atoms with E-state index in [9.17, 15) is 8.42 Å². The molecule has 3 rings (SSSR count). The minimum Gasteiger partial charge on any atom is -0.424 e. The molecular formula is C16H22ClN3O3S. The Labute approximate surface area is 147 Å². The second-order valence-corrected chi connectivity index (χ2v) is 8.73. The lowest BCUT2D eigenvalue weighted by atomic mass is 9.86. The first-order valence-electron chi connectivity index (χ1n) is 8.25. The predicted molar refractivity (Wildman–Crippen MR) is 95.9 cm³/mol. The Hall–Kier alpha value is -1.31. The molecule has 132 valence electrons. The summed E-state index contributed by atoms with van der Waals surface area (Å²) >= 11 is 5.95. The zero-order valence-electron chi connectivity index (χ0n) is 13.6. The van der Waals surface area contributed by atoms with Gasteiger partial charge in [-0.1, -0.05) is 11.6 Å². The minimum absolute atomic E-state index is 0.0673. The average molecular weight is 372 g/mol. The van der Waals surface area contributed by atoms with Crippen LogP contribution in [0.15, 0.2) is 22.6 Å². The third kappa shape index (κ3) is 4.40. The van der Waals surface area contributed by atoms with Crippen LogP contribution in [0.1, 0.15) is 32.6 Å². The van der Waals surface area contributed by atoms with Crippen LogP contribution >= 0.6 is 11.6 Å². The fourth-order valence-electron chi connectivity index (χ4n) is 3.03. The number of aromatic nitrogens is 1. The summed E-state index contributed by atoms with van der Waals surface area (Å²) in [5, 5.41) is 3.87. The minimum atomic E-state index is -3.11. The number of hydrogen-bond acceptors (Lipinski definition) is 5. The van der Waals surface area contributed by atoms with Crippen LogP contribution in [0, 0.1) is 5.92 Å². The molecule has 0 spiro atoms. The molecule has 6 nitrogen and oxygen atoms in total. The first-order chi connectivity index (χ1) is 11.4. The molecule has 0 amide bonds. The fraction of sp³-hybridized carbons (Fsp3) is 0.562. The number of rotatable bonds is 6. The maximum absolute atomic E-state index is 11.6. The largest absolute Gasteiger partial charge is 0.424 e. The van der Waals surface area contributed by atoms with E-state index in [1.54, 1.807) is 25.1 Å². The first-order valence-corrected chi connectivity index (χ1v) is 10.3. The molecule has 1 saturated carbocycles. The molecule has 0 saturated heterocycles. The van der Waals surface area contributed by atoms with Gasteiger partial charge in [-0.25, -0.2) is 13.1 Å². The zero-order chi connectivity index (χ0) is 17.2. The predicted octanol–water partition coefficient (Wildman–Crippen LogP) is 3.39. The van der Waals surface area contributed by atoms with Crippen molar-refractivity contribution < 1.29 is 12.8 Å². The standard InChI is InChI=1S/C16H22ClN3O3S/c1-2-24(21,22)20-13-6-3-11(4-7-13)10-18-16-19-14-9-12(17)5-8-15(14)23-16/h5,8-9,11,13,20H,2-4,6-7,10H2,1H3,(H,18,19)/t11-,13-. The Morgan fingerprint density at radius 3 is 2.75 bits per heavy atom. The molecule has 1 aromatic carbocycles.